The molecular formula is C52H92O6. The average molecular weight is 813 g/mol. The summed E-state index contributed by atoms with van der Waals surface area (Å²) in [5, 5.41) is 0. The van der Waals surface area contributed by atoms with Crippen LogP contribution < -0.4 is 0 Å². The number of unbranched alkanes of at least 4 members (excludes halogenated alkanes) is 25. The van der Waals surface area contributed by atoms with Gasteiger partial charge < -0.3 is 14.2 Å². The third-order valence-corrected chi connectivity index (χ3v) is 10.6. The highest BCUT2D eigenvalue weighted by molar-refractivity contribution is 5.71. The second kappa shape index (κ2) is 47.1. The van der Waals surface area contributed by atoms with Crippen molar-refractivity contribution in [2.75, 3.05) is 13.2 Å². The Bertz CT molecular complexity index is 1030. The maximum atomic E-state index is 12.7. The summed E-state index contributed by atoms with van der Waals surface area (Å²) in [7, 11) is 0. The summed E-state index contributed by atoms with van der Waals surface area (Å²) < 4.78 is 16.7. The van der Waals surface area contributed by atoms with E-state index in [9.17, 15) is 14.4 Å². The predicted octanol–water partition coefficient (Wildman–Crippen LogP) is 15.9. The van der Waals surface area contributed by atoms with E-state index in [-0.39, 0.29) is 31.1 Å². The van der Waals surface area contributed by atoms with Crippen molar-refractivity contribution in [2.45, 2.75) is 252 Å². The number of carbonyl (C=O) groups excluding carboxylic acids is 3. The van der Waals surface area contributed by atoms with Crippen molar-refractivity contribution in [1.82, 2.24) is 0 Å². The minimum Gasteiger partial charge on any atom is -0.462 e. The summed E-state index contributed by atoms with van der Waals surface area (Å²) >= 11 is 0. The van der Waals surface area contributed by atoms with Gasteiger partial charge in [0.1, 0.15) is 13.2 Å². The second-order valence-corrected chi connectivity index (χ2v) is 16.3. The van der Waals surface area contributed by atoms with Crippen LogP contribution in [0, 0.1) is 0 Å². The lowest BCUT2D eigenvalue weighted by atomic mass is 10.1. The molecule has 0 aromatic carbocycles. The molecule has 6 heteroatoms. The summed E-state index contributed by atoms with van der Waals surface area (Å²) in [5.41, 5.74) is 0. The molecule has 336 valence electrons. The number of esters is 3. The quantitative estimate of drug-likeness (QED) is 0.0264. The molecule has 0 bridgehead atoms. The van der Waals surface area contributed by atoms with Crippen LogP contribution in [-0.2, 0) is 28.6 Å². The Morgan fingerprint density at radius 3 is 1.07 bits per heavy atom. The molecule has 0 fully saturated rings. The molecular weight excluding hydrogens is 721 g/mol. The summed E-state index contributed by atoms with van der Waals surface area (Å²) in [6, 6.07) is 0. The Hall–Kier alpha value is -2.63. The van der Waals surface area contributed by atoms with Crippen LogP contribution in [0.4, 0.5) is 0 Å². The van der Waals surface area contributed by atoms with Crippen LogP contribution in [0.15, 0.2) is 48.6 Å². The highest BCUT2D eigenvalue weighted by atomic mass is 16.6. The fraction of sp³-hybridized carbons (Fsp3) is 0.788. The fourth-order valence-corrected chi connectivity index (χ4v) is 6.86. The van der Waals surface area contributed by atoms with Gasteiger partial charge in [-0.3, -0.25) is 14.4 Å². The monoisotopic (exact) mass is 813 g/mol. The number of hydrogen-bond donors (Lipinski definition) is 0. The van der Waals surface area contributed by atoms with E-state index in [0.717, 1.165) is 96.3 Å². The third-order valence-electron chi connectivity index (χ3n) is 10.6. The van der Waals surface area contributed by atoms with Gasteiger partial charge >= 0.3 is 17.9 Å². The van der Waals surface area contributed by atoms with Gasteiger partial charge in [0.15, 0.2) is 6.10 Å². The van der Waals surface area contributed by atoms with Gasteiger partial charge in [-0.1, -0.05) is 198 Å². The maximum Gasteiger partial charge on any atom is 0.306 e. The molecule has 6 nitrogen and oxygen atoms in total. The topological polar surface area (TPSA) is 78.9 Å². The molecule has 0 aromatic rings. The number of carbonyl (C=O) groups is 3. The second-order valence-electron chi connectivity index (χ2n) is 16.3. The van der Waals surface area contributed by atoms with Crippen LogP contribution in [0.1, 0.15) is 245 Å². The zero-order valence-corrected chi connectivity index (χ0v) is 38.3. The molecule has 0 heterocycles. The molecule has 0 saturated carbocycles. The van der Waals surface area contributed by atoms with Gasteiger partial charge in [0.05, 0.1) is 0 Å². The number of hydrogen-bond acceptors (Lipinski definition) is 6. The lowest BCUT2D eigenvalue weighted by Crippen LogP contribution is -2.30. The van der Waals surface area contributed by atoms with Crippen LogP contribution in [0.3, 0.4) is 0 Å². The Labute approximate surface area is 358 Å². The standard InChI is InChI=1S/C52H92O6/c1-4-7-10-13-16-19-22-24-26-27-29-30-33-36-39-42-45-51(54)57-48-49(47-56-50(53)44-41-38-35-32-21-18-15-12-9-6-3)58-52(55)46-43-40-37-34-31-28-25-23-20-17-14-11-8-5-2/h8,11,17,20,25-28,49H,4-7,9-10,12-16,18-19,21-24,29-48H2,1-3H3/b11-8-,20-17-,27-26-,28-25-. The Balaban J connectivity index is 4.39. The van der Waals surface area contributed by atoms with E-state index in [4.69, 9.17) is 14.2 Å². The molecule has 1 unspecified atom stereocenters. The van der Waals surface area contributed by atoms with Gasteiger partial charge in [-0.2, -0.15) is 0 Å². The van der Waals surface area contributed by atoms with Crippen molar-refractivity contribution in [2.24, 2.45) is 0 Å². The molecule has 0 saturated heterocycles. The van der Waals surface area contributed by atoms with Gasteiger partial charge in [0.25, 0.3) is 0 Å². The fourth-order valence-electron chi connectivity index (χ4n) is 6.86. The van der Waals surface area contributed by atoms with Crippen molar-refractivity contribution in [3.05, 3.63) is 48.6 Å². The largest absolute Gasteiger partial charge is 0.462 e. The van der Waals surface area contributed by atoms with Gasteiger partial charge in [0, 0.05) is 19.3 Å². The predicted molar refractivity (Wildman–Crippen MR) is 247 cm³/mol. The Kier molecular flexibility index (Phi) is 44.9. The van der Waals surface area contributed by atoms with Crippen LogP contribution in [0.25, 0.3) is 0 Å². The van der Waals surface area contributed by atoms with Crippen molar-refractivity contribution in [1.29, 1.82) is 0 Å². The molecule has 58 heavy (non-hydrogen) atoms. The molecule has 0 N–H and O–H groups in total. The van der Waals surface area contributed by atoms with Crippen LogP contribution in [0.5, 0.6) is 0 Å². The smallest absolute Gasteiger partial charge is 0.306 e. The SMILES string of the molecule is CC/C=C\C/C=C\C/C=C\CCCCCCC(=O)OC(COC(=O)CCCCCCC/C=C\CCCCCCCCC)COC(=O)CCCCCCCCCCCC. The van der Waals surface area contributed by atoms with Gasteiger partial charge in [0.2, 0.25) is 0 Å². The van der Waals surface area contributed by atoms with E-state index < -0.39 is 6.10 Å². The van der Waals surface area contributed by atoms with E-state index in [1.165, 1.54) is 109 Å². The van der Waals surface area contributed by atoms with Crippen molar-refractivity contribution < 1.29 is 28.6 Å². The Morgan fingerprint density at radius 1 is 0.362 bits per heavy atom. The molecule has 0 rings (SSSR count). The molecule has 0 aliphatic carbocycles. The summed E-state index contributed by atoms with van der Waals surface area (Å²) in [6.07, 6.45) is 55.2. The van der Waals surface area contributed by atoms with Crippen LogP contribution in [-0.4, -0.2) is 37.2 Å². The van der Waals surface area contributed by atoms with E-state index >= 15 is 0 Å². The van der Waals surface area contributed by atoms with Crippen LogP contribution >= 0.6 is 0 Å². The number of rotatable bonds is 44. The van der Waals surface area contributed by atoms with Crippen LogP contribution in [0.2, 0.25) is 0 Å². The van der Waals surface area contributed by atoms with Crippen molar-refractivity contribution in [3.8, 4) is 0 Å². The lowest BCUT2D eigenvalue weighted by molar-refractivity contribution is -0.167. The van der Waals surface area contributed by atoms with E-state index in [1.54, 1.807) is 0 Å². The first kappa shape index (κ1) is 55.4. The third kappa shape index (κ3) is 44.5. The number of allylic oxidation sites excluding steroid dienone is 8. The highest BCUT2D eigenvalue weighted by Gasteiger charge is 2.19. The van der Waals surface area contributed by atoms with Crippen molar-refractivity contribution in [3.63, 3.8) is 0 Å². The molecule has 0 spiro atoms. The maximum absolute atomic E-state index is 12.7. The zero-order chi connectivity index (χ0) is 42.3. The molecule has 0 aliphatic heterocycles. The number of ether oxygens (including phenoxy) is 3. The Morgan fingerprint density at radius 2 is 0.672 bits per heavy atom. The van der Waals surface area contributed by atoms with Gasteiger partial charge in [-0.15, -0.1) is 0 Å². The van der Waals surface area contributed by atoms with Gasteiger partial charge in [-0.05, 0) is 77.0 Å². The van der Waals surface area contributed by atoms with E-state index in [1.807, 2.05) is 0 Å². The summed E-state index contributed by atoms with van der Waals surface area (Å²) in [5.74, 6) is -0.912. The van der Waals surface area contributed by atoms with Gasteiger partial charge in [-0.25, -0.2) is 0 Å². The lowest BCUT2D eigenvalue weighted by Gasteiger charge is -2.18. The highest BCUT2D eigenvalue weighted by Crippen LogP contribution is 2.14. The van der Waals surface area contributed by atoms with E-state index in [0.29, 0.717) is 19.3 Å². The minimum atomic E-state index is -0.784. The van der Waals surface area contributed by atoms with Crippen molar-refractivity contribution >= 4 is 17.9 Å². The first-order chi connectivity index (χ1) is 28.5. The molecule has 0 amide bonds. The van der Waals surface area contributed by atoms with E-state index in [2.05, 4.69) is 69.4 Å². The molecule has 1 atom stereocenters. The molecule has 0 aromatic heterocycles. The normalized spacial score (nSPS) is 12.4. The zero-order valence-electron chi connectivity index (χ0n) is 38.3. The summed E-state index contributed by atoms with van der Waals surface area (Å²) in [4.78, 5) is 37.8. The molecule has 0 radical (unpaired) electrons. The minimum absolute atomic E-state index is 0.0833. The first-order valence-electron chi connectivity index (χ1n) is 24.6. The molecule has 0 aliphatic rings. The first-order valence-corrected chi connectivity index (χ1v) is 24.6. The average Bonchev–Trinajstić information content (AvgIpc) is 3.22. The summed E-state index contributed by atoms with van der Waals surface area (Å²) in [6.45, 7) is 6.49.